The van der Waals surface area contributed by atoms with E-state index in [1.165, 1.54) is 5.39 Å². The van der Waals surface area contributed by atoms with E-state index in [0.717, 1.165) is 22.1 Å². The molecule has 0 aliphatic carbocycles. The molecule has 9 nitrogen and oxygen atoms in total. The van der Waals surface area contributed by atoms with Gasteiger partial charge in [-0.1, -0.05) is 180 Å². The van der Waals surface area contributed by atoms with Gasteiger partial charge >= 0.3 is 0 Å². The lowest BCUT2D eigenvalue weighted by atomic mass is 9.79. The Balaban J connectivity index is 1.24. The fourth-order valence-corrected chi connectivity index (χ4v) is 25.4. The Hall–Kier alpha value is -3.08. The molecule has 7 unspecified atom stereocenters. The van der Waals surface area contributed by atoms with Crippen molar-refractivity contribution in [3.05, 3.63) is 120 Å². The Morgan fingerprint density at radius 1 is 0.533 bits per heavy atom. The van der Waals surface area contributed by atoms with Crippen LogP contribution in [0.3, 0.4) is 0 Å². The normalized spacial score (nSPS) is 29.0. The van der Waals surface area contributed by atoms with Crippen LogP contribution in [0.25, 0.3) is 10.8 Å². The van der Waals surface area contributed by atoms with E-state index in [-0.39, 0.29) is 24.9 Å². The maximum Gasteiger partial charge on any atom is 0.200 e. The number of carbonyl (C=O) groups excluding carboxylic acids is 1. The van der Waals surface area contributed by atoms with E-state index in [4.69, 9.17) is 37.3 Å². The highest BCUT2D eigenvalue weighted by Crippen LogP contribution is 2.52. The first kappa shape index (κ1) is 59.6. The number of benzene rings is 4. The summed E-state index contributed by atoms with van der Waals surface area (Å²) in [4.78, 5) is 15.0. The lowest BCUT2D eigenvalue weighted by molar-refractivity contribution is -0.307. The minimum Gasteiger partial charge on any atom is -0.413 e. The molecule has 414 valence electrons. The third-order valence-corrected chi connectivity index (χ3v) is 30.3. The second-order valence-corrected chi connectivity index (χ2v) is 36.4. The van der Waals surface area contributed by atoms with E-state index in [1.807, 2.05) is 36.4 Å². The van der Waals surface area contributed by atoms with Gasteiger partial charge in [-0.3, -0.25) is 4.79 Å². The van der Waals surface area contributed by atoms with E-state index in [2.05, 4.69) is 178 Å². The first-order chi connectivity index (χ1) is 35.4. The van der Waals surface area contributed by atoms with Gasteiger partial charge in [0.15, 0.2) is 14.1 Å². The van der Waals surface area contributed by atoms with Crippen LogP contribution in [0.4, 0.5) is 0 Å². The second-order valence-electron chi connectivity index (χ2n) is 25.5. The van der Waals surface area contributed by atoms with Crippen LogP contribution in [0.2, 0.25) is 33.2 Å². The molecule has 0 N–H and O–H groups in total. The molecule has 7 rings (SSSR count). The fraction of sp³-hybridized carbons (Fsp3) is 0.641. The molecule has 4 aromatic carbocycles. The standard InChI is InChI=1S/C64H96O9Si2/c1-44(2)74(45(3)4,46(5)6)69-43-64(16)60(71-75(47(7)8,48(9)10)49(11)12)37-59-61(13,72-64)34-33-55(65)56(70-59)38-62(14)57(68-41-52-31-32-53-29-23-24-30-54(53)35-52)36-58(67-40-51-27-21-18-22-28-51)63(15,73-62)42-66-39-50-25-19-17-20-26-50/h17-32,35,44-49,56-60H,33-34,36-43H2,1-16H3/t56?,57?,58?,59?,60?,61-,62?,63?,64+/m0/s1. The zero-order valence-electron chi connectivity index (χ0n) is 48.9. The molecular weight excluding hydrogens is 969 g/mol. The molecule has 0 radical (unpaired) electrons. The topological polar surface area (TPSA) is 90.9 Å². The average molecular weight is 1070 g/mol. The Bertz CT molecular complexity index is 2400. The summed E-state index contributed by atoms with van der Waals surface area (Å²) in [6.45, 7) is 38.6. The highest BCUT2D eigenvalue weighted by atomic mass is 28.4. The van der Waals surface area contributed by atoms with E-state index >= 15 is 0 Å². The predicted octanol–water partition coefficient (Wildman–Crippen LogP) is 15.7. The van der Waals surface area contributed by atoms with Gasteiger partial charge in [-0.25, -0.2) is 0 Å². The summed E-state index contributed by atoms with van der Waals surface area (Å²) in [6, 6.07) is 35.4. The quantitative estimate of drug-likeness (QED) is 0.0674. The number of ether oxygens (including phenoxy) is 6. The lowest BCUT2D eigenvalue weighted by Gasteiger charge is -2.57. The van der Waals surface area contributed by atoms with Gasteiger partial charge in [0.1, 0.15) is 17.3 Å². The van der Waals surface area contributed by atoms with Crippen LogP contribution >= 0.6 is 0 Å². The number of Topliss-reactive ketones (excluding diaryl/α,β-unsaturated/α-hetero) is 1. The molecule has 9 atom stereocenters. The van der Waals surface area contributed by atoms with Crippen LogP contribution in [0.1, 0.15) is 160 Å². The van der Waals surface area contributed by atoms with Crippen LogP contribution in [0.5, 0.6) is 0 Å². The van der Waals surface area contributed by atoms with Gasteiger partial charge in [-0.05, 0) is 101 Å². The van der Waals surface area contributed by atoms with Gasteiger partial charge in [0, 0.05) is 25.7 Å². The molecule has 3 aliphatic heterocycles. The monoisotopic (exact) mass is 1060 g/mol. The number of rotatable bonds is 23. The Kier molecular flexibility index (Phi) is 19.5. The highest BCUT2D eigenvalue weighted by Gasteiger charge is 2.61. The SMILES string of the molecule is CC(C)[Si](OC[C@@]1(C)O[C@@]2(C)CCC(=O)C(CC3(C)OC(C)(COCc4ccccc4)C(OCc4ccccc4)CC3OCc3ccc4ccccc4c3)OC2CC1O[Si](C(C)C)(C(C)C)C(C)C)(C(C)C)C(C)C. The fourth-order valence-electron chi connectivity index (χ4n) is 14.2. The molecule has 3 aliphatic rings. The van der Waals surface area contributed by atoms with E-state index in [0.29, 0.717) is 85.4 Å². The summed E-state index contributed by atoms with van der Waals surface area (Å²) < 4.78 is 58.6. The molecule has 0 amide bonds. The summed E-state index contributed by atoms with van der Waals surface area (Å²) in [5, 5.41) is 2.34. The number of fused-ring (bicyclic) bond motifs is 2. The minimum absolute atomic E-state index is 0.0494. The number of hydrogen-bond donors (Lipinski definition) is 0. The Morgan fingerprint density at radius 3 is 1.61 bits per heavy atom. The number of hydrogen-bond acceptors (Lipinski definition) is 9. The molecule has 3 saturated heterocycles. The zero-order chi connectivity index (χ0) is 54.6. The molecule has 3 fully saturated rings. The van der Waals surface area contributed by atoms with Crippen molar-refractivity contribution in [1.82, 2.24) is 0 Å². The second kappa shape index (κ2) is 24.5. The van der Waals surface area contributed by atoms with Crippen LogP contribution in [0, 0.1) is 0 Å². The van der Waals surface area contributed by atoms with Gasteiger partial charge < -0.3 is 37.3 Å². The van der Waals surface area contributed by atoms with Crippen molar-refractivity contribution >= 4 is 33.2 Å². The average Bonchev–Trinajstić information content (AvgIpc) is 3.46. The third-order valence-electron chi connectivity index (χ3n) is 18.1. The summed E-state index contributed by atoms with van der Waals surface area (Å²) >= 11 is 0. The summed E-state index contributed by atoms with van der Waals surface area (Å²) in [6.07, 6.45) is -0.213. The lowest BCUT2D eigenvalue weighted by Crippen LogP contribution is -2.67. The predicted molar refractivity (Wildman–Crippen MR) is 309 cm³/mol. The Morgan fingerprint density at radius 2 is 1.04 bits per heavy atom. The number of carbonyl (C=O) groups is 1. The van der Waals surface area contributed by atoms with Crippen molar-refractivity contribution < 1.29 is 42.1 Å². The van der Waals surface area contributed by atoms with Crippen molar-refractivity contribution in [2.24, 2.45) is 0 Å². The molecule has 11 heteroatoms. The molecular formula is C64H96O9Si2. The van der Waals surface area contributed by atoms with Gasteiger partial charge in [0.05, 0.1) is 68.7 Å². The van der Waals surface area contributed by atoms with E-state index in [1.54, 1.807) is 0 Å². The van der Waals surface area contributed by atoms with E-state index < -0.39 is 63.5 Å². The Labute approximate surface area is 455 Å². The van der Waals surface area contributed by atoms with Crippen molar-refractivity contribution in [2.45, 2.75) is 249 Å². The van der Waals surface area contributed by atoms with Crippen LogP contribution in [-0.2, 0) is 61.9 Å². The van der Waals surface area contributed by atoms with Gasteiger partial charge in [0.2, 0.25) is 8.32 Å². The maximum atomic E-state index is 15.0. The minimum atomic E-state index is -2.47. The van der Waals surface area contributed by atoms with Crippen LogP contribution < -0.4 is 0 Å². The maximum absolute atomic E-state index is 15.0. The first-order valence-corrected chi connectivity index (χ1v) is 32.9. The molecule has 0 saturated carbocycles. The summed E-state index contributed by atoms with van der Waals surface area (Å²) in [7, 11) is -4.78. The van der Waals surface area contributed by atoms with Crippen LogP contribution in [-0.4, -0.2) is 88.6 Å². The van der Waals surface area contributed by atoms with Crippen molar-refractivity contribution in [3.8, 4) is 0 Å². The van der Waals surface area contributed by atoms with Crippen molar-refractivity contribution in [3.63, 3.8) is 0 Å². The van der Waals surface area contributed by atoms with Crippen molar-refractivity contribution in [1.29, 1.82) is 0 Å². The van der Waals surface area contributed by atoms with E-state index in [9.17, 15) is 4.79 Å². The summed E-state index contributed by atoms with van der Waals surface area (Å²) in [5.41, 5.74) is 2.03. The smallest absolute Gasteiger partial charge is 0.200 e. The summed E-state index contributed by atoms with van der Waals surface area (Å²) in [5.74, 6) is 0.0494. The van der Waals surface area contributed by atoms with Gasteiger partial charge in [-0.2, -0.15) is 0 Å². The first-order valence-electron chi connectivity index (χ1n) is 28.7. The largest absolute Gasteiger partial charge is 0.413 e. The van der Waals surface area contributed by atoms with Crippen molar-refractivity contribution in [2.75, 3.05) is 13.2 Å². The van der Waals surface area contributed by atoms with Gasteiger partial charge in [0.25, 0.3) is 0 Å². The molecule has 0 aromatic heterocycles. The third kappa shape index (κ3) is 13.0. The molecule has 3 heterocycles. The highest BCUT2D eigenvalue weighted by molar-refractivity contribution is 6.78. The molecule has 75 heavy (non-hydrogen) atoms. The molecule has 0 spiro atoms. The molecule has 4 aromatic rings. The molecule has 0 bridgehead atoms. The number of ketones is 1. The van der Waals surface area contributed by atoms with Gasteiger partial charge in [-0.15, -0.1) is 0 Å². The zero-order valence-corrected chi connectivity index (χ0v) is 50.9. The van der Waals surface area contributed by atoms with Crippen LogP contribution in [0.15, 0.2) is 103 Å².